The van der Waals surface area contributed by atoms with E-state index in [2.05, 4.69) is 0 Å². The predicted molar refractivity (Wildman–Crippen MR) is 71.3 cm³/mol. The standard InChI is InChI=1S/C14H22BP/c15-16(13-5-1-11(9-13)2-6-13)14-7-3-12(10-14)4-8-14/h11-12H,1-10H2. The smallest absolute Gasteiger partial charge is 0.110 e. The van der Waals surface area contributed by atoms with E-state index in [1.165, 1.54) is 64.2 Å². The van der Waals surface area contributed by atoms with Crippen molar-refractivity contribution >= 4 is 15.4 Å². The lowest BCUT2D eigenvalue weighted by Crippen LogP contribution is -2.32. The van der Waals surface area contributed by atoms with Gasteiger partial charge in [-0.3, -0.25) is 0 Å². The zero-order valence-corrected chi connectivity index (χ0v) is 11.1. The summed E-state index contributed by atoms with van der Waals surface area (Å²) in [5.41, 5.74) is 0. The highest BCUT2D eigenvalue weighted by Crippen LogP contribution is 2.75. The summed E-state index contributed by atoms with van der Waals surface area (Å²) in [6, 6.07) is 0. The summed E-state index contributed by atoms with van der Waals surface area (Å²) in [5.74, 6) is 2.15. The van der Waals surface area contributed by atoms with Gasteiger partial charge in [-0.25, -0.2) is 0 Å². The van der Waals surface area contributed by atoms with Gasteiger partial charge in [0.15, 0.2) is 0 Å². The van der Waals surface area contributed by atoms with Gasteiger partial charge in [-0.2, -0.15) is 0 Å². The van der Waals surface area contributed by atoms with E-state index in [1.807, 2.05) is 0 Å². The van der Waals surface area contributed by atoms with E-state index in [9.17, 15) is 0 Å². The molecule has 0 spiro atoms. The largest absolute Gasteiger partial charge is 0.144 e. The van der Waals surface area contributed by atoms with Gasteiger partial charge in [0.25, 0.3) is 0 Å². The molecule has 0 saturated heterocycles. The van der Waals surface area contributed by atoms with E-state index >= 15 is 0 Å². The third kappa shape index (κ3) is 1.22. The Labute approximate surface area is 102 Å². The van der Waals surface area contributed by atoms with Crippen LogP contribution in [0.25, 0.3) is 0 Å². The Balaban J connectivity index is 1.63. The minimum atomic E-state index is -0.168. The van der Waals surface area contributed by atoms with Crippen molar-refractivity contribution in [2.24, 2.45) is 11.8 Å². The number of fused-ring (bicyclic) bond motifs is 4. The molecule has 0 aromatic rings. The highest BCUT2D eigenvalue weighted by molar-refractivity contribution is 7.84. The second kappa shape index (κ2) is 3.28. The van der Waals surface area contributed by atoms with Crippen LogP contribution < -0.4 is 0 Å². The quantitative estimate of drug-likeness (QED) is 0.494. The Hall–Kier alpha value is 0.495. The van der Waals surface area contributed by atoms with Crippen LogP contribution in [0.4, 0.5) is 0 Å². The Morgan fingerprint density at radius 2 is 1.12 bits per heavy atom. The SMILES string of the molecule is [B]P(C12CCC(CC1)C2)C12CCC(CC1)C2. The maximum atomic E-state index is 6.89. The van der Waals surface area contributed by atoms with Gasteiger partial charge >= 0.3 is 0 Å². The van der Waals surface area contributed by atoms with Crippen LogP contribution in [0.3, 0.4) is 0 Å². The summed E-state index contributed by atoms with van der Waals surface area (Å²) in [6.45, 7) is 0. The molecule has 0 aliphatic heterocycles. The Bertz CT molecular complexity index is 268. The number of rotatable bonds is 2. The first-order valence-corrected chi connectivity index (χ1v) is 8.69. The summed E-state index contributed by atoms with van der Waals surface area (Å²) in [5, 5.41) is 1.33. The molecule has 0 atom stereocenters. The predicted octanol–water partition coefficient (Wildman–Crippen LogP) is 4.22. The molecule has 0 aromatic heterocycles. The van der Waals surface area contributed by atoms with Gasteiger partial charge in [0.05, 0.1) is 0 Å². The monoisotopic (exact) mass is 232 g/mol. The zero-order chi connectivity index (χ0) is 10.8. The first-order chi connectivity index (χ1) is 7.73. The van der Waals surface area contributed by atoms with Gasteiger partial charge < -0.3 is 0 Å². The molecule has 4 saturated carbocycles. The third-order valence-corrected chi connectivity index (χ3v) is 9.73. The van der Waals surface area contributed by atoms with E-state index in [1.54, 1.807) is 0 Å². The average molecular weight is 232 g/mol. The van der Waals surface area contributed by atoms with Crippen LogP contribution in [-0.2, 0) is 0 Å². The van der Waals surface area contributed by atoms with Gasteiger partial charge in [-0.15, -0.1) is 7.80 Å². The summed E-state index contributed by atoms with van der Waals surface area (Å²) < 4.78 is 0. The van der Waals surface area contributed by atoms with Gasteiger partial charge in [-0.05, 0) is 86.4 Å². The molecule has 4 rings (SSSR count). The molecule has 2 radical (unpaired) electrons. The molecule has 4 fully saturated rings. The van der Waals surface area contributed by atoms with Crippen molar-refractivity contribution in [3.05, 3.63) is 0 Å². The lowest BCUT2D eigenvalue weighted by molar-refractivity contribution is 0.477. The Morgan fingerprint density at radius 1 is 0.750 bits per heavy atom. The van der Waals surface area contributed by atoms with Crippen LogP contribution in [0.15, 0.2) is 0 Å². The first-order valence-electron chi connectivity index (χ1n) is 7.28. The Morgan fingerprint density at radius 3 is 1.38 bits per heavy atom. The van der Waals surface area contributed by atoms with Crippen LogP contribution in [0, 0.1) is 11.8 Å². The minimum Gasteiger partial charge on any atom is -0.144 e. The van der Waals surface area contributed by atoms with Crippen molar-refractivity contribution in [2.45, 2.75) is 74.5 Å². The number of hydrogen-bond donors (Lipinski definition) is 0. The summed E-state index contributed by atoms with van der Waals surface area (Å²) in [6.07, 6.45) is 15.0. The summed E-state index contributed by atoms with van der Waals surface area (Å²) >= 11 is 0. The molecule has 86 valence electrons. The van der Waals surface area contributed by atoms with Crippen LogP contribution in [0.5, 0.6) is 0 Å². The molecule has 0 heterocycles. The highest BCUT2D eigenvalue weighted by atomic mass is 31.1. The lowest BCUT2D eigenvalue weighted by Gasteiger charge is -2.46. The molecule has 0 N–H and O–H groups in total. The summed E-state index contributed by atoms with van der Waals surface area (Å²) in [7, 11) is 6.73. The fourth-order valence-corrected chi connectivity index (χ4v) is 8.90. The van der Waals surface area contributed by atoms with E-state index in [4.69, 9.17) is 7.57 Å². The first kappa shape index (κ1) is 10.4. The molecular weight excluding hydrogens is 210 g/mol. The zero-order valence-electron chi connectivity index (χ0n) is 10.3. The van der Waals surface area contributed by atoms with Crippen molar-refractivity contribution in [1.29, 1.82) is 0 Å². The van der Waals surface area contributed by atoms with Gasteiger partial charge in [-0.1, -0.05) is 0 Å². The van der Waals surface area contributed by atoms with Crippen LogP contribution in [-0.4, -0.2) is 17.9 Å². The van der Waals surface area contributed by atoms with E-state index in [0.29, 0.717) is 10.3 Å². The van der Waals surface area contributed by atoms with E-state index in [0.717, 1.165) is 11.8 Å². The van der Waals surface area contributed by atoms with Crippen molar-refractivity contribution in [2.75, 3.05) is 0 Å². The molecule has 0 unspecified atom stereocenters. The van der Waals surface area contributed by atoms with E-state index < -0.39 is 0 Å². The highest BCUT2D eigenvalue weighted by Gasteiger charge is 2.57. The van der Waals surface area contributed by atoms with Crippen LogP contribution in [0.2, 0.25) is 0 Å². The molecular formula is C14H22BP. The molecule has 4 bridgehead atoms. The molecule has 4 aliphatic rings. The molecule has 16 heavy (non-hydrogen) atoms. The van der Waals surface area contributed by atoms with Gasteiger partial charge in [0.1, 0.15) is 7.57 Å². The average Bonchev–Trinajstić information content (AvgIpc) is 3.08. The fraction of sp³-hybridized carbons (Fsp3) is 1.00. The second-order valence-corrected chi connectivity index (χ2v) is 9.75. The Kier molecular flexibility index (Phi) is 2.14. The van der Waals surface area contributed by atoms with Crippen molar-refractivity contribution in [3.8, 4) is 0 Å². The third-order valence-electron chi connectivity index (χ3n) is 6.43. The van der Waals surface area contributed by atoms with Crippen molar-refractivity contribution in [1.82, 2.24) is 0 Å². The maximum absolute atomic E-state index is 6.89. The topological polar surface area (TPSA) is 0 Å². The molecule has 0 aromatic carbocycles. The van der Waals surface area contributed by atoms with Crippen LogP contribution in [0.1, 0.15) is 64.2 Å². The van der Waals surface area contributed by atoms with Crippen LogP contribution >= 0.6 is 7.80 Å². The van der Waals surface area contributed by atoms with Gasteiger partial charge in [0.2, 0.25) is 0 Å². The summed E-state index contributed by atoms with van der Waals surface area (Å²) in [4.78, 5) is 0. The maximum Gasteiger partial charge on any atom is 0.110 e. The van der Waals surface area contributed by atoms with E-state index in [-0.39, 0.29) is 7.80 Å². The lowest BCUT2D eigenvalue weighted by atomic mass is 9.99. The van der Waals surface area contributed by atoms with Crippen molar-refractivity contribution in [3.63, 3.8) is 0 Å². The second-order valence-electron chi connectivity index (χ2n) is 7.11. The van der Waals surface area contributed by atoms with Gasteiger partial charge in [0, 0.05) is 0 Å². The fourth-order valence-electron chi connectivity index (χ4n) is 5.50. The molecule has 4 aliphatic carbocycles. The molecule has 2 heteroatoms. The molecule has 0 amide bonds. The van der Waals surface area contributed by atoms with Crippen molar-refractivity contribution < 1.29 is 0 Å². The molecule has 0 nitrogen and oxygen atoms in total. The number of hydrogen-bond acceptors (Lipinski definition) is 0. The minimum absolute atomic E-state index is 0.168. The normalized spacial score (nSPS) is 56.0.